The highest BCUT2D eigenvalue weighted by atomic mass is 16.5. The van der Waals surface area contributed by atoms with Crippen molar-refractivity contribution in [3.63, 3.8) is 0 Å². The van der Waals surface area contributed by atoms with Crippen molar-refractivity contribution in [3.8, 4) is 16.9 Å². The lowest BCUT2D eigenvalue weighted by Crippen LogP contribution is -2.36. The first-order chi connectivity index (χ1) is 17.1. The molecule has 0 amide bonds. The van der Waals surface area contributed by atoms with Crippen molar-refractivity contribution in [1.29, 1.82) is 0 Å². The van der Waals surface area contributed by atoms with Crippen molar-refractivity contribution in [2.75, 3.05) is 31.2 Å². The highest BCUT2D eigenvalue weighted by Gasteiger charge is 2.19. The third-order valence-corrected chi connectivity index (χ3v) is 6.40. The van der Waals surface area contributed by atoms with Gasteiger partial charge in [-0.05, 0) is 59.1 Å². The molecule has 0 atom stereocenters. The van der Waals surface area contributed by atoms with E-state index in [1.54, 1.807) is 18.2 Å². The Balaban J connectivity index is 1.78. The van der Waals surface area contributed by atoms with Gasteiger partial charge >= 0.3 is 0 Å². The van der Waals surface area contributed by atoms with Crippen molar-refractivity contribution in [1.82, 2.24) is 9.78 Å². The van der Waals surface area contributed by atoms with E-state index in [1.165, 1.54) is 4.68 Å². The van der Waals surface area contributed by atoms with Gasteiger partial charge in [0.2, 0.25) is 0 Å². The summed E-state index contributed by atoms with van der Waals surface area (Å²) in [5.41, 5.74) is 4.77. The molecule has 7 nitrogen and oxygen atoms in total. The fraction of sp³-hybridized carbons (Fsp3) is 0.214. The Morgan fingerprint density at radius 1 is 1.06 bits per heavy atom. The SMILES string of the molecule is C=Cc1cc(CC)cc(-c2nn(-c3cc(N4CCOCC4)ccc3N=O)c(=O)c3ccccc23)c1. The minimum Gasteiger partial charge on any atom is -0.378 e. The molecular formula is C28H26N4O3. The summed E-state index contributed by atoms with van der Waals surface area (Å²) in [5, 5.41) is 9.29. The third-order valence-electron chi connectivity index (χ3n) is 6.40. The molecule has 2 heterocycles. The Bertz CT molecular complexity index is 1490. The zero-order valence-electron chi connectivity index (χ0n) is 19.6. The van der Waals surface area contributed by atoms with Crippen LogP contribution < -0.4 is 10.5 Å². The monoisotopic (exact) mass is 466 g/mol. The number of nitrogens with zero attached hydrogens (tertiary/aromatic N) is 4. The molecule has 0 N–H and O–H groups in total. The highest BCUT2D eigenvalue weighted by Crippen LogP contribution is 2.31. The number of ether oxygens (including phenoxy) is 1. The van der Waals surface area contributed by atoms with Crippen LogP contribution in [-0.2, 0) is 11.2 Å². The lowest BCUT2D eigenvalue weighted by Gasteiger charge is -2.29. The van der Waals surface area contributed by atoms with Crippen LogP contribution in [0.4, 0.5) is 11.4 Å². The third kappa shape index (κ3) is 4.26. The molecule has 1 aromatic heterocycles. The van der Waals surface area contributed by atoms with Crippen LogP contribution >= 0.6 is 0 Å². The predicted octanol–water partition coefficient (Wildman–Crippen LogP) is 5.49. The largest absolute Gasteiger partial charge is 0.378 e. The normalized spacial score (nSPS) is 13.7. The molecule has 3 aromatic carbocycles. The van der Waals surface area contributed by atoms with E-state index in [1.807, 2.05) is 36.4 Å². The molecule has 1 aliphatic heterocycles. The molecule has 0 radical (unpaired) electrons. The van der Waals surface area contributed by atoms with Crippen molar-refractivity contribution in [2.45, 2.75) is 13.3 Å². The first kappa shape index (κ1) is 22.7. The van der Waals surface area contributed by atoms with Gasteiger partial charge < -0.3 is 9.64 Å². The summed E-state index contributed by atoms with van der Waals surface area (Å²) in [6, 6.07) is 18.9. The highest BCUT2D eigenvalue weighted by molar-refractivity contribution is 5.94. The average Bonchev–Trinajstić information content (AvgIpc) is 2.93. The Morgan fingerprint density at radius 3 is 2.54 bits per heavy atom. The van der Waals surface area contributed by atoms with Crippen LogP contribution in [0.1, 0.15) is 18.1 Å². The first-order valence-corrected chi connectivity index (χ1v) is 11.7. The van der Waals surface area contributed by atoms with Gasteiger partial charge in [0, 0.05) is 29.7 Å². The van der Waals surface area contributed by atoms with Gasteiger partial charge in [0.25, 0.3) is 5.56 Å². The molecule has 1 fully saturated rings. The molecular weight excluding hydrogens is 440 g/mol. The first-order valence-electron chi connectivity index (χ1n) is 11.7. The smallest absolute Gasteiger partial charge is 0.279 e. The Kier molecular flexibility index (Phi) is 6.25. The van der Waals surface area contributed by atoms with Gasteiger partial charge in [-0.1, -0.05) is 43.8 Å². The number of aromatic nitrogens is 2. The summed E-state index contributed by atoms with van der Waals surface area (Å²) in [4.78, 5) is 27.5. The van der Waals surface area contributed by atoms with E-state index in [0.29, 0.717) is 30.0 Å². The van der Waals surface area contributed by atoms with Crippen molar-refractivity contribution < 1.29 is 4.74 Å². The van der Waals surface area contributed by atoms with Crippen LogP contribution in [0.2, 0.25) is 0 Å². The van der Waals surface area contributed by atoms with Crippen LogP contribution in [-0.4, -0.2) is 36.1 Å². The zero-order valence-corrected chi connectivity index (χ0v) is 19.6. The molecule has 0 saturated carbocycles. The predicted molar refractivity (Wildman–Crippen MR) is 141 cm³/mol. The van der Waals surface area contributed by atoms with E-state index in [-0.39, 0.29) is 11.2 Å². The summed E-state index contributed by atoms with van der Waals surface area (Å²) in [6.45, 7) is 8.73. The van der Waals surface area contributed by atoms with Crippen LogP contribution in [0, 0.1) is 4.91 Å². The van der Waals surface area contributed by atoms with Gasteiger partial charge in [-0.2, -0.15) is 9.78 Å². The topological polar surface area (TPSA) is 76.8 Å². The molecule has 7 heteroatoms. The lowest BCUT2D eigenvalue weighted by molar-refractivity contribution is 0.122. The zero-order chi connectivity index (χ0) is 24.4. The number of aryl methyl sites for hydroxylation is 1. The Labute approximate surface area is 203 Å². The van der Waals surface area contributed by atoms with Crippen LogP contribution in [0.25, 0.3) is 33.8 Å². The van der Waals surface area contributed by atoms with Gasteiger partial charge in [-0.3, -0.25) is 4.79 Å². The molecule has 1 aliphatic rings. The fourth-order valence-electron chi connectivity index (χ4n) is 4.52. The fourth-order valence-corrected chi connectivity index (χ4v) is 4.52. The van der Waals surface area contributed by atoms with Gasteiger partial charge in [0.15, 0.2) is 0 Å². The second-order valence-corrected chi connectivity index (χ2v) is 8.50. The minimum absolute atomic E-state index is 0.159. The second-order valence-electron chi connectivity index (χ2n) is 8.50. The quantitative estimate of drug-likeness (QED) is 0.351. The maximum absolute atomic E-state index is 13.6. The Morgan fingerprint density at radius 2 is 1.83 bits per heavy atom. The van der Waals surface area contributed by atoms with Crippen LogP contribution in [0.3, 0.4) is 0 Å². The number of hydrogen-bond acceptors (Lipinski definition) is 6. The number of anilines is 1. The molecule has 4 aromatic rings. The summed E-state index contributed by atoms with van der Waals surface area (Å²) in [6.07, 6.45) is 2.66. The van der Waals surface area contributed by atoms with E-state index in [9.17, 15) is 9.70 Å². The summed E-state index contributed by atoms with van der Waals surface area (Å²) >= 11 is 0. The van der Waals surface area contributed by atoms with Crippen molar-refractivity contribution in [2.24, 2.45) is 5.18 Å². The van der Waals surface area contributed by atoms with Crippen molar-refractivity contribution >= 4 is 28.2 Å². The number of rotatable bonds is 6. The molecule has 0 bridgehead atoms. The van der Waals surface area contributed by atoms with E-state index >= 15 is 0 Å². The number of hydrogen-bond donors (Lipinski definition) is 0. The van der Waals surface area contributed by atoms with Gasteiger partial charge in [-0.25, -0.2) is 0 Å². The van der Waals surface area contributed by atoms with E-state index in [0.717, 1.165) is 47.3 Å². The summed E-state index contributed by atoms with van der Waals surface area (Å²) in [5.74, 6) is 0. The number of nitroso groups, excluding NO2 is 1. The van der Waals surface area contributed by atoms with Crippen LogP contribution in [0.15, 0.2) is 77.2 Å². The number of fused-ring (bicyclic) bond motifs is 1. The van der Waals surface area contributed by atoms with Gasteiger partial charge in [0.1, 0.15) is 11.4 Å². The average molecular weight is 467 g/mol. The maximum atomic E-state index is 13.6. The second kappa shape index (κ2) is 9.64. The molecule has 5 rings (SSSR count). The molecule has 176 valence electrons. The summed E-state index contributed by atoms with van der Waals surface area (Å²) in [7, 11) is 0. The van der Waals surface area contributed by atoms with Gasteiger partial charge in [-0.15, -0.1) is 4.91 Å². The van der Waals surface area contributed by atoms with E-state index in [2.05, 4.69) is 35.7 Å². The van der Waals surface area contributed by atoms with E-state index < -0.39 is 0 Å². The minimum atomic E-state index is -0.302. The molecule has 35 heavy (non-hydrogen) atoms. The number of morpholine rings is 1. The Hall–Kier alpha value is -4.10. The number of benzene rings is 3. The van der Waals surface area contributed by atoms with Crippen LogP contribution in [0.5, 0.6) is 0 Å². The standard InChI is InChI=1S/C28H26N4O3/c1-3-19-15-20(4-2)17-21(16-19)27-23-7-5-6-8-24(23)28(33)32(29-27)26-18-22(9-10-25(26)30-34)31-11-13-35-14-12-31/h3,5-10,15-18H,1,4,11-14H2,2H3. The molecule has 1 saturated heterocycles. The van der Waals surface area contributed by atoms with Crippen molar-refractivity contribution in [3.05, 3.63) is 93.6 Å². The molecule has 0 unspecified atom stereocenters. The summed E-state index contributed by atoms with van der Waals surface area (Å²) < 4.78 is 6.78. The van der Waals surface area contributed by atoms with E-state index in [4.69, 9.17) is 9.84 Å². The lowest BCUT2D eigenvalue weighted by atomic mass is 9.99. The molecule has 0 spiro atoms. The maximum Gasteiger partial charge on any atom is 0.279 e. The molecule has 0 aliphatic carbocycles. The van der Waals surface area contributed by atoms with Gasteiger partial charge in [0.05, 0.1) is 24.3 Å².